The number of fused-ring (bicyclic) bond motifs is 1. The van der Waals surface area contributed by atoms with Crippen LogP contribution < -0.4 is 5.56 Å². The predicted octanol–water partition coefficient (Wildman–Crippen LogP) is 4.26. The molecule has 24 heavy (non-hydrogen) atoms. The first-order chi connectivity index (χ1) is 11.3. The SMILES string of the molecule is CC(C)(Sc1nc2scc(-c3ccc(Cl)cc3)c2c(=O)[nH]1)C(=O)O. The zero-order valence-electron chi connectivity index (χ0n) is 12.8. The molecule has 1 aromatic carbocycles. The molecule has 2 aromatic heterocycles. The second-order valence-electron chi connectivity index (χ2n) is 5.63. The highest BCUT2D eigenvalue weighted by Crippen LogP contribution is 2.34. The van der Waals surface area contributed by atoms with E-state index in [2.05, 4.69) is 9.97 Å². The minimum atomic E-state index is -1.08. The molecule has 124 valence electrons. The van der Waals surface area contributed by atoms with E-state index < -0.39 is 10.7 Å². The van der Waals surface area contributed by atoms with E-state index in [0.29, 0.717) is 20.4 Å². The third kappa shape index (κ3) is 3.19. The van der Waals surface area contributed by atoms with Crippen LogP contribution >= 0.6 is 34.7 Å². The van der Waals surface area contributed by atoms with Crippen molar-refractivity contribution in [3.63, 3.8) is 0 Å². The van der Waals surface area contributed by atoms with Crippen molar-refractivity contribution in [3.05, 3.63) is 45.0 Å². The molecule has 2 heterocycles. The Bertz CT molecular complexity index is 977. The van der Waals surface area contributed by atoms with Crippen molar-refractivity contribution in [2.24, 2.45) is 0 Å². The molecule has 2 N–H and O–H groups in total. The van der Waals surface area contributed by atoms with Crippen molar-refractivity contribution in [2.45, 2.75) is 23.8 Å². The number of thiophene rings is 1. The van der Waals surface area contributed by atoms with Crippen LogP contribution in [0.2, 0.25) is 5.02 Å². The molecule has 0 amide bonds. The van der Waals surface area contributed by atoms with Gasteiger partial charge in [-0.1, -0.05) is 35.5 Å². The average molecular weight is 381 g/mol. The molecule has 0 unspecified atom stereocenters. The van der Waals surface area contributed by atoms with Gasteiger partial charge < -0.3 is 10.1 Å². The summed E-state index contributed by atoms with van der Waals surface area (Å²) >= 11 is 8.27. The molecule has 0 saturated carbocycles. The number of nitrogens with zero attached hydrogens (tertiary/aromatic N) is 1. The largest absolute Gasteiger partial charge is 0.480 e. The first kappa shape index (κ1) is 17.0. The summed E-state index contributed by atoms with van der Waals surface area (Å²) in [5.41, 5.74) is 1.38. The maximum atomic E-state index is 12.5. The lowest BCUT2D eigenvalue weighted by atomic mass is 10.1. The second-order valence-corrected chi connectivity index (χ2v) is 8.53. The molecule has 0 bridgehead atoms. The summed E-state index contributed by atoms with van der Waals surface area (Å²) in [6.45, 7) is 3.13. The third-order valence-electron chi connectivity index (χ3n) is 3.44. The zero-order valence-corrected chi connectivity index (χ0v) is 15.2. The van der Waals surface area contributed by atoms with E-state index in [0.717, 1.165) is 22.9 Å². The van der Waals surface area contributed by atoms with Gasteiger partial charge >= 0.3 is 5.97 Å². The minimum absolute atomic E-state index is 0.283. The van der Waals surface area contributed by atoms with Gasteiger partial charge in [-0.2, -0.15) is 0 Å². The van der Waals surface area contributed by atoms with Gasteiger partial charge in [0.25, 0.3) is 5.56 Å². The molecule has 0 aliphatic heterocycles. The molecule has 0 spiro atoms. The van der Waals surface area contributed by atoms with Crippen LogP contribution in [0, 0.1) is 0 Å². The molecule has 0 fully saturated rings. The van der Waals surface area contributed by atoms with Crippen molar-refractivity contribution < 1.29 is 9.90 Å². The van der Waals surface area contributed by atoms with E-state index in [-0.39, 0.29) is 5.56 Å². The summed E-state index contributed by atoms with van der Waals surface area (Å²) in [5.74, 6) is -0.969. The number of rotatable bonds is 4. The standard InChI is InChI=1S/C16H13ClN2O3S2/c1-16(2,14(21)22)24-15-18-12(20)11-10(7-23-13(11)19-15)8-3-5-9(17)6-4-8/h3-7H,1-2H3,(H,21,22)(H,18,19,20). The molecule has 3 rings (SSSR count). The van der Waals surface area contributed by atoms with Gasteiger partial charge in [-0.3, -0.25) is 9.59 Å². The van der Waals surface area contributed by atoms with Crippen LogP contribution in [0.5, 0.6) is 0 Å². The maximum Gasteiger partial charge on any atom is 0.319 e. The number of nitrogens with one attached hydrogen (secondary N) is 1. The summed E-state index contributed by atoms with van der Waals surface area (Å²) in [5, 5.41) is 12.5. The Morgan fingerprint density at radius 1 is 1.33 bits per heavy atom. The first-order valence-corrected chi connectivity index (χ1v) is 9.05. The fourth-order valence-corrected chi connectivity index (χ4v) is 4.09. The van der Waals surface area contributed by atoms with Crippen LogP contribution in [0.25, 0.3) is 21.3 Å². The van der Waals surface area contributed by atoms with Crippen molar-refractivity contribution in [2.75, 3.05) is 0 Å². The third-order valence-corrected chi connectivity index (χ3v) is 5.64. The minimum Gasteiger partial charge on any atom is -0.480 e. The van der Waals surface area contributed by atoms with E-state index in [1.54, 1.807) is 26.0 Å². The predicted molar refractivity (Wildman–Crippen MR) is 98.3 cm³/mol. The Balaban J connectivity index is 2.07. The van der Waals surface area contributed by atoms with Gasteiger partial charge in [0.2, 0.25) is 0 Å². The van der Waals surface area contributed by atoms with Crippen molar-refractivity contribution >= 4 is 50.9 Å². The molecule has 5 nitrogen and oxygen atoms in total. The van der Waals surface area contributed by atoms with Crippen LogP contribution in [0.1, 0.15) is 13.8 Å². The highest BCUT2D eigenvalue weighted by molar-refractivity contribution is 8.01. The van der Waals surface area contributed by atoms with Gasteiger partial charge in [0.05, 0.1) is 5.39 Å². The summed E-state index contributed by atoms with van der Waals surface area (Å²) < 4.78 is -1.08. The number of carboxylic acids is 1. The van der Waals surface area contributed by atoms with Crippen LogP contribution in [-0.4, -0.2) is 25.8 Å². The lowest BCUT2D eigenvalue weighted by molar-refractivity contribution is -0.138. The topological polar surface area (TPSA) is 83.0 Å². The fraction of sp³-hybridized carbons (Fsp3) is 0.188. The molecule has 8 heteroatoms. The van der Waals surface area contributed by atoms with Gasteiger partial charge in [0.1, 0.15) is 9.58 Å². The summed E-state index contributed by atoms with van der Waals surface area (Å²) in [7, 11) is 0. The number of hydrogen-bond acceptors (Lipinski definition) is 5. The molecule has 0 aliphatic rings. The van der Waals surface area contributed by atoms with E-state index in [9.17, 15) is 14.7 Å². The molecule has 0 aliphatic carbocycles. The number of thioether (sulfide) groups is 1. The van der Waals surface area contributed by atoms with Gasteiger partial charge in [-0.15, -0.1) is 11.3 Å². The van der Waals surface area contributed by atoms with Crippen LogP contribution in [0.4, 0.5) is 0 Å². The molecular weight excluding hydrogens is 368 g/mol. The summed E-state index contributed by atoms with van der Waals surface area (Å²) in [4.78, 5) is 31.4. The molecule has 0 atom stereocenters. The number of carboxylic acid groups (broad SMARTS) is 1. The number of aliphatic carboxylic acids is 1. The number of benzene rings is 1. The second kappa shape index (κ2) is 6.23. The average Bonchev–Trinajstić information content (AvgIpc) is 2.91. The molecular formula is C16H13ClN2O3S2. The first-order valence-electron chi connectivity index (χ1n) is 6.98. The van der Waals surface area contributed by atoms with Gasteiger partial charge in [-0.05, 0) is 31.5 Å². The van der Waals surface area contributed by atoms with Gasteiger partial charge in [0.15, 0.2) is 5.16 Å². The van der Waals surface area contributed by atoms with E-state index in [1.165, 1.54) is 11.3 Å². The normalized spacial score (nSPS) is 11.8. The smallest absolute Gasteiger partial charge is 0.319 e. The number of halogens is 1. The Morgan fingerprint density at radius 2 is 2.00 bits per heavy atom. The van der Waals surface area contributed by atoms with Crippen LogP contribution in [-0.2, 0) is 4.79 Å². The fourth-order valence-electron chi connectivity index (χ4n) is 2.10. The number of aromatic nitrogens is 2. The summed E-state index contributed by atoms with van der Waals surface area (Å²) in [6.07, 6.45) is 0. The van der Waals surface area contributed by atoms with Crippen molar-refractivity contribution in [3.8, 4) is 11.1 Å². The molecule has 3 aromatic rings. The lowest BCUT2D eigenvalue weighted by Crippen LogP contribution is -2.27. The van der Waals surface area contributed by atoms with E-state index in [4.69, 9.17) is 11.6 Å². The monoisotopic (exact) mass is 380 g/mol. The number of carbonyl (C=O) groups is 1. The number of aromatic amines is 1. The van der Waals surface area contributed by atoms with Crippen LogP contribution in [0.15, 0.2) is 39.6 Å². The van der Waals surface area contributed by atoms with Crippen LogP contribution in [0.3, 0.4) is 0 Å². The lowest BCUT2D eigenvalue weighted by Gasteiger charge is -2.16. The Hall–Kier alpha value is -1.83. The highest BCUT2D eigenvalue weighted by Gasteiger charge is 2.30. The Labute approximate surface area is 150 Å². The van der Waals surface area contributed by atoms with E-state index in [1.807, 2.05) is 17.5 Å². The number of hydrogen-bond donors (Lipinski definition) is 2. The highest BCUT2D eigenvalue weighted by atomic mass is 35.5. The quantitative estimate of drug-likeness (QED) is 0.522. The van der Waals surface area contributed by atoms with Gasteiger partial charge in [0, 0.05) is 16.0 Å². The zero-order chi connectivity index (χ0) is 17.5. The van der Waals surface area contributed by atoms with Gasteiger partial charge in [-0.25, -0.2) is 4.98 Å². The molecule has 0 saturated heterocycles. The van der Waals surface area contributed by atoms with Crippen molar-refractivity contribution in [1.82, 2.24) is 9.97 Å². The van der Waals surface area contributed by atoms with Crippen molar-refractivity contribution in [1.29, 1.82) is 0 Å². The maximum absolute atomic E-state index is 12.5. The Morgan fingerprint density at radius 3 is 2.62 bits per heavy atom. The van der Waals surface area contributed by atoms with E-state index >= 15 is 0 Å². The Kier molecular flexibility index (Phi) is 4.42. The molecule has 0 radical (unpaired) electrons. The summed E-state index contributed by atoms with van der Waals surface area (Å²) in [6, 6.07) is 7.22. The number of H-pyrrole nitrogens is 1.